The van der Waals surface area contributed by atoms with Crippen molar-refractivity contribution in [2.24, 2.45) is 0 Å². The smallest absolute Gasteiger partial charge is 0.251 e. The molecule has 25 heavy (non-hydrogen) atoms. The molecular formula is C22H28N2O. The molecule has 2 aromatic carbocycles. The first-order valence-corrected chi connectivity index (χ1v) is 9.32. The van der Waals surface area contributed by atoms with Gasteiger partial charge in [0.2, 0.25) is 0 Å². The van der Waals surface area contributed by atoms with E-state index < -0.39 is 0 Å². The number of fused-ring (bicyclic) bond motifs is 1. The van der Waals surface area contributed by atoms with Crippen LogP contribution in [0.2, 0.25) is 0 Å². The molecule has 0 radical (unpaired) electrons. The molecule has 1 aliphatic rings. The number of hydrogen-bond donors (Lipinski definition) is 1. The summed E-state index contributed by atoms with van der Waals surface area (Å²) in [6.07, 6.45) is 4.75. The highest BCUT2D eigenvalue weighted by Gasteiger charge is 2.12. The van der Waals surface area contributed by atoms with E-state index in [0.29, 0.717) is 6.54 Å². The predicted octanol–water partition coefficient (Wildman–Crippen LogP) is 3.95. The Balaban J connectivity index is 1.61. The fourth-order valence-electron chi connectivity index (χ4n) is 3.42. The summed E-state index contributed by atoms with van der Waals surface area (Å²) in [6, 6.07) is 14.6. The molecule has 1 amide bonds. The van der Waals surface area contributed by atoms with Crippen LogP contribution < -0.4 is 5.32 Å². The number of rotatable bonds is 6. The average molecular weight is 336 g/mol. The highest BCUT2D eigenvalue weighted by Crippen LogP contribution is 2.22. The van der Waals surface area contributed by atoms with E-state index in [1.807, 2.05) is 6.07 Å². The quantitative estimate of drug-likeness (QED) is 0.866. The number of aryl methyl sites for hydroxylation is 2. The Bertz CT molecular complexity index is 739. The Morgan fingerprint density at radius 2 is 1.80 bits per heavy atom. The molecule has 0 saturated carbocycles. The van der Waals surface area contributed by atoms with Crippen LogP contribution in [-0.4, -0.2) is 24.4 Å². The van der Waals surface area contributed by atoms with Crippen LogP contribution in [0.3, 0.4) is 0 Å². The van der Waals surface area contributed by atoms with Gasteiger partial charge >= 0.3 is 0 Å². The van der Waals surface area contributed by atoms with Crippen molar-refractivity contribution in [1.82, 2.24) is 10.2 Å². The van der Waals surface area contributed by atoms with Crippen molar-refractivity contribution in [2.75, 3.05) is 13.6 Å². The van der Waals surface area contributed by atoms with Gasteiger partial charge in [-0.2, -0.15) is 0 Å². The lowest BCUT2D eigenvalue weighted by Crippen LogP contribution is -2.23. The molecule has 0 aliphatic heterocycles. The summed E-state index contributed by atoms with van der Waals surface area (Å²) in [5, 5.41) is 3.06. The molecule has 1 N–H and O–H groups in total. The minimum absolute atomic E-state index is 0.0180. The Hall–Kier alpha value is -2.13. The van der Waals surface area contributed by atoms with E-state index in [9.17, 15) is 4.79 Å². The molecular weight excluding hydrogens is 308 g/mol. The monoisotopic (exact) mass is 336 g/mol. The lowest BCUT2D eigenvalue weighted by molar-refractivity contribution is 0.0950. The molecule has 0 heterocycles. The molecule has 0 aromatic heterocycles. The van der Waals surface area contributed by atoms with Crippen LogP contribution in [0.4, 0.5) is 0 Å². The summed E-state index contributed by atoms with van der Waals surface area (Å²) >= 11 is 0. The van der Waals surface area contributed by atoms with Crippen LogP contribution in [0.5, 0.6) is 0 Å². The minimum Gasteiger partial charge on any atom is -0.348 e. The van der Waals surface area contributed by atoms with Crippen molar-refractivity contribution in [3.05, 3.63) is 70.3 Å². The molecule has 3 heteroatoms. The Morgan fingerprint density at radius 3 is 2.60 bits per heavy atom. The fraction of sp³-hybridized carbons (Fsp3) is 0.409. The first kappa shape index (κ1) is 17.7. The number of amides is 1. The number of benzene rings is 2. The molecule has 0 saturated heterocycles. The molecule has 0 atom stereocenters. The largest absolute Gasteiger partial charge is 0.348 e. The summed E-state index contributed by atoms with van der Waals surface area (Å²) in [7, 11) is 2.12. The summed E-state index contributed by atoms with van der Waals surface area (Å²) < 4.78 is 0. The van der Waals surface area contributed by atoms with Gasteiger partial charge in [-0.3, -0.25) is 4.79 Å². The van der Waals surface area contributed by atoms with Crippen LogP contribution in [0.1, 0.15) is 52.4 Å². The van der Waals surface area contributed by atoms with E-state index in [2.05, 4.69) is 60.6 Å². The second kappa shape index (κ2) is 8.30. The second-order valence-corrected chi connectivity index (χ2v) is 7.02. The molecule has 3 nitrogen and oxygen atoms in total. The maximum absolute atomic E-state index is 12.5. The number of hydrogen-bond acceptors (Lipinski definition) is 2. The van der Waals surface area contributed by atoms with Crippen LogP contribution in [0.15, 0.2) is 42.5 Å². The topological polar surface area (TPSA) is 32.3 Å². The highest BCUT2D eigenvalue weighted by atomic mass is 16.1. The number of carbonyl (C=O) groups is 1. The lowest BCUT2D eigenvalue weighted by atomic mass is 9.90. The molecule has 132 valence electrons. The number of carbonyl (C=O) groups excluding carboxylic acids is 1. The van der Waals surface area contributed by atoms with Crippen molar-refractivity contribution < 1.29 is 4.79 Å². The summed E-state index contributed by atoms with van der Waals surface area (Å²) in [5.74, 6) is 0.0180. The zero-order chi connectivity index (χ0) is 17.6. The van der Waals surface area contributed by atoms with Crippen molar-refractivity contribution in [2.45, 2.75) is 45.7 Å². The third kappa shape index (κ3) is 4.70. The van der Waals surface area contributed by atoms with Gasteiger partial charge in [0.25, 0.3) is 5.91 Å². The Labute approximate surface area is 151 Å². The lowest BCUT2D eigenvalue weighted by Gasteiger charge is -2.16. The number of nitrogens with one attached hydrogen (secondary N) is 1. The predicted molar refractivity (Wildman–Crippen MR) is 103 cm³/mol. The third-order valence-electron chi connectivity index (χ3n) is 5.05. The van der Waals surface area contributed by atoms with Gasteiger partial charge in [0, 0.05) is 18.7 Å². The molecule has 0 bridgehead atoms. The standard InChI is InChI=1S/C22H28N2O/c1-3-24(2)16-18-8-6-7-17(13-18)15-23-22(25)21-12-11-19-9-4-5-10-20(19)14-21/h6-8,11-14H,3-5,9-10,15-16H2,1-2H3,(H,23,25). The van der Waals surface area contributed by atoms with E-state index in [1.54, 1.807) is 0 Å². The van der Waals surface area contributed by atoms with Gasteiger partial charge in [0.1, 0.15) is 0 Å². The zero-order valence-corrected chi connectivity index (χ0v) is 15.3. The van der Waals surface area contributed by atoms with Crippen molar-refractivity contribution in [3.8, 4) is 0 Å². The zero-order valence-electron chi connectivity index (χ0n) is 15.3. The fourth-order valence-corrected chi connectivity index (χ4v) is 3.42. The average Bonchev–Trinajstić information content (AvgIpc) is 2.66. The van der Waals surface area contributed by atoms with Gasteiger partial charge in [0.05, 0.1) is 0 Å². The maximum Gasteiger partial charge on any atom is 0.251 e. The van der Waals surface area contributed by atoms with Crippen LogP contribution >= 0.6 is 0 Å². The molecule has 1 aliphatic carbocycles. The Morgan fingerprint density at radius 1 is 1.04 bits per heavy atom. The van der Waals surface area contributed by atoms with Crippen molar-refractivity contribution >= 4 is 5.91 Å². The first-order valence-electron chi connectivity index (χ1n) is 9.32. The van der Waals surface area contributed by atoms with Crippen LogP contribution in [0, 0.1) is 0 Å². The van der Waals surface area contributed by atoms with Gasteiger partial charge < -0.3 is 10.2 Å². The molecule has 2 aromatic rings. The van der Waals surface area contributed by atoms with Crippen molar-refractivity contribution in [1.29, 1.82) is 0 Å². The van der Waals surface area contributed by atoms with Crippen molar-refractivity contribution in [3.63, 3.8) is 0 Å². The maximum atomic E-state index is 12.5. The molecule has 0 spiro atoms. The van der Waals surface area contributed by atoms with E-state index in [4.69, 9.17) is 0 Å². The third-order valence-corrected chi connectivity index (χ3v) is 5.05. The van der Waals surface area contributed by atoms with Gasteiger partial charge in [0.15, 0.2) is 0 Å². The Kier molecular flexibility index (Phi) is 5.87. The van der Waals surface area contributed by atoms with Gasteiger partial charge in [-0.25, -0.2) is 0 Å². The van der Waals surface area contributed by atoms with E-state index in [-0.39, 0.29) is 5.91 Å². The van der Waals surface area contributed by atoms with Gasteiger partial charge in [-0.15, -0.1) is 0 Å². The molecule has 0 fully saturated rings. The first-order chi connectivity index (χ1) is 12.2. The highest BCUT2D eigenvalue weighted by molar-refractivity contribution is 5.94. The molecule has 0 unspecified atom stereocenters. The van der Waals surface area contributed by atoms with Gasteiger partial charge in [-0.1, -0.05) is 37.3 Å². The van der Waals surface area contributed by atoms with Gasteiger partial charge in [-0.05, 0) is 73.7 Å². The summed E-state index contributed by atoms with van der Waals surface area (Å²) in [5.41, 5.74) is 5.97. The van der Waals surface area contributed by atoms with E-state index in [1.165, 1.54) is 29.5 Å². The van der Waals surface area contributed by atoms with E-state index in [0.717, 1.165) is 37.1 Å². The molecule has 3 rings (SSSR count). The summed E-state index contributed by atoms with van der Waals surface area (Å²) in [4.78, 5) is 14.8. The second-order valence-electron chi connectivity index (χ2n) is 7.02. The normalized spacial score (nSPS) is 13.6. The minimum atomic E-state index is 0.0180. The summed E-state index contributed by atoms with van der Waals surface area (Å²) in [6.45, 7) is 4.69. The van der Waals surface area contributed by atoms with Crippen LogP contribution in [0.25, 0.3) is 0 Å². The SMILES string of the molecule is CCN(C)Cc1cccc(CNC(=O)c2ccc3c(c2)CCCC3)c1. The van der Waals surface area contributed by atoms with Crippen LogP contribution in [-0.2, 0) is 25.9 Å². The van der Waals surface area contributed by atoms with E-state index >= 15 is 0 Å². The number of nitrogens with zero attached hydrogens (tertiary/aromatic N) is 1.